The molecule has 1 nitrogen and oxygen atoms in total. The van der Waals surface area contributed by atoms with Gasteiger partial charge in [-0.1, -0.05) is 24.3 Å². The van der Waals surface area contributed by atoms with Crippen LogP contribution in [0.2, 0.25) is 0 Å². The Morgan fingerprint density at radius 2 is 1.56 bits per heavy atom. The third-order valence-corrected chi connectivity index (χ3v) is 3.53. The van der Waals surface area contributed by atoms with E-state index in [2.05, 4.69) is 56.1 Å². The Hall–Kier alpha value is -1.76. The Labute approximate surface area is 95.1 Å². The van der Waals surface area contributed by atoms with Gasteiger partial charge in [0.1, 0.15) is 0 Å². The van der Waals surface area contributed by atoms with Crippen molar-refractivity contribution in [3.05, 3.63) is 47.2 Å². The molecule has 3 aromatic rings. The van der Waals surface area contributed by atoms with Gasteiger partial charge in [-0.2, -0.15) is 0 Å². The van der Waals surface area contributed by atoms with Gasteiger partial charge in [-0.05, 0) is 43.4 Å². The van der Waals surface area contributed by atoms with Crippen molar-refractivity contribution < 1.29 is 0 Å². The van der Waals surface area contributed by atoms with Crippen LogP contribution in [0.15, 0.2) is 30.3 Å². The molecular formula is C15H15N. The molecule has 0 fully saturated rings. The van der Waals surface area contributed by atoms with Gasteiger partial charge in [0.05, 0.1) is 5.52 Å². The van der Waals surface area contributed by atoms with E-state index in [4.69, 9.17) is 0 Å². The smallest absolute Gasteiger partial charge is 0.0538 e. The third-order valence-electron chi connectivity index (χ3n) is 3.53. The molecule has 0 bridgehead atoms. The summed E-state index contributed by atoms with van der Waals surface area (Å²) in [4.78, 5) is 3.50. The summed E-state index contributed by atoms with van der Waals surface area (Å²) >= 11 is 0. The van der Waals surface area contributed by atoms with Crippen LogP contribution in [0.1, 0.15) is 16.8 Å². The number of hydrogen-bond donors (Lipinski definition) is 1. The van der Waals surface area contributed by atoms with Gasteiger partial charge >= 0.3 is 0 Å². The van der Waals surface area contributed by atoms with Crippen LogP contribution in [0.3, 0.4) is 0 Å². The number of aromatic amines is 1. The largest absolute Gasteiger partial charge is 0.358 e. The van der Waals surface area contributed by atoms with Crippen LogP contribution < -0.4 is 0 Å². The highest BCUT2D eigenvalue weighted by Gasteiger charge is 2.08. The van der Waals surface area contributed by atoms with Crippen LogP contribution in [0, 0.1) is 20.8 Å². The summed E-state index contributed by atoms with van der Waals surface area (Å²) in [6.07, 6.45) is 0. The molecule has 1 heterocycles. The number of hydrogen-bond acceptors (Lipinski definition) is 0. The molecule has 1 N–H and O–H groups in total. The first-order valence-corrected chi connectivity index (χ1v) is 5.65. The van der Waals surface area contributed by atoms with Crippen molar-refractivity contribution >= 4 is 21.7 Å². The highest BCUT2D eigenvalue weighted by atomic mass is 14.7. The van der Waals surface area contributed by atoms with Gasteiger partial charge in [0, 0.05) is 16.5 Å². The van der Waals surface area contributed by atoms with E-state index in [9.17, 15) is 0 Å². The lowest BCUT2D eigenvalue weighted by atomic mass is 10.0. The van der Waals surface area contributed by atoms with Gasteiger partial charge in [-0.25, -0.2) is 0 Å². The van der Waals surface area contributed by atoms with Crippen molar-refractivity contribution in [2.45, 2.75) is 20.8 Å². The van der Waals surface area contributed by atoms with E-state index in [0.717, 1.165) is 0 Å². The average Bonchev–Trinajstić information content (AvgIpc) is 2.57. The Morgan fingerprint density at radius 3 is 2.31 bits per heavy atom. The van der Waals surface area contributed by atoms with Crippen LogP contribution in [-0.4, -0.2) is 4.98 Å². The molecule has 0 aliphatic carbocycles. The maximum absolute atomic E-state index is 3.50. The summed E-state index contributed by atoms with van der Waals surface area (Å²) in [7, 11) is 0. The predicted molar refractivity (Wildman–Crippen MR) is 70.0 cm³/mol. The summed E-state index contributed by atoms with van der Waals surface area (Å²) in [5, 5.41) is 4.03. The second kappa shape index (κ2) is 3.11. The molecular weight excluding hydrogens is 194 g/mol. The van der Waals surface area contributed by atoms with Crippen LogP contribution in [0.5, 0.6) is 0 Å². The first-order chi connectivity index (χ1) is 7.68. The molecule has 16 heavy (non-hydrogen) atoms. The fourth-order valence-electron chi connectivity index (χ4n) is 2.47. The fourth-order valence-corrected chi connectivity index (χ4v) is 2.47. The summed E-state index contributed by atoms with van der Waals surface area (Å²) in [5.74, 6) is 0. The van der Waals surface area contributed by atoms with Gasteiger partial charge in [-0.15, -0.1) is 0 Å². The van der Waals surface area contributed by atoms with Gasteiger partial charge in [0.2, 0.25) is 0 Å². The highest BCUT2D eigenvalue weighted by molar-refractivity contribution is 6.08. The maximum atomic E-state index is 3.50. The van der Waals surface area contributed by atoms with Gasteiger partial charge in [-0.3, -0.25) is 0 Å². The van der Waals surface area contributed by atoms with Crippen molar-refractivity contribution in [2.75, 3.05) is 0 Å². The predicted octanol–water partition coefficient (Wildman–Crippen LogP) is 4.25. The lowest BCUT2D eigenvalue weighted by Gasteiger charge is -2.03. The van der Waals surface area contributed by atoms with Crippen molar-refractivity contribution in [3.8, 4) is 0 Å². The van der Waals surface area contributed by atoms with Crippen LogP contribution in [0.4, 0.5) is 0 Å². The minimum atomic E-state index is 1.27. The minimum absolute atomic E-state index is 1.27. The summed E-state index contributed by atoms with van der Waals surface area (Å²) < 4.78 is 0. The van der Waals surface area contributed by atoms with E-state index in [-0.39, 0.29) is 0 Å². The normalized spacial score (nSPS) is 11.4. The Balaban J connectivity index is 2.64. The molecule has 0 aliphatic rings. The number of fused-ring (bicyclic) bond motifs is 3. The molecule has 2 aromatic carbocycles. The zero-order valence-corrected chi connectivity index (χ0v) is 9.89. The molecule has 0 saturated heterocycles. The molecule has 0 aliphatic heterocycles. The molecule has 1 aromatic heterocycles. The molecule has 0 radical (unpaired) electrons. The van der Waals surface area contributed by atoms with E-state index in [1.807, 2.05) is 0 Å². The third kappa shape index (κ3) is 1.12. The van der Waals surface area contributed by atoms with Gasteiger partial charge in [0.25, 0.3) is 0 Å². The second-order valence-corrected chi connectivity index (χ2v) is 4.54. The fraction of sp³-hybridized carbons (Fsp3) is 0.200. The number of aryl methyl sites for hydroxylation is 3. The molecule has 0 unspecified atom stereocenters. The van der Waals surface area contributed by atoms with Crippen molar-refractivity contribution in [1.82, 2.24) is 4.98 Å². The topological polar surface area (TPSA) is 15.8 Å². The van der Waals surface area contributed by atoms with Crippen molar-refractivity contribution in [3.63, 3.8) is 0 Å². The van der Waals surface area contributed by atoms with E-state index < -0.39 is 0 Å². The lowest BCUT2D eigenvalue weighted by molar-refractivity contribution is 1.26. The second-order valence-electron chi connectivity index (χ2n) is 4.54. The van der Waals surface area contributed by atoms with E-state index in [1.54, 1.807) is 0 Å². The van der Waals surface area contributed by atoms with E-state index in [0.29, 0.717) is 0 Å². The maximum Gasteiger partial charge on any atom is 0.0538 e. The molecule has 80 valence electrons. The quantitative estimate of drug-likeness (QED) is 0.569. The van der Waals surface area contributed by atoms with Crippen LogP contribution in [0.25, 0.3) is 21.7 Å². The Bertz CT molecular complexity index is 689. The average molecular weight is 209 g/mol. The zero-order chi connectivity index (χ0) is 11.3. The number of H-pyrrole nitrogens is 1. The number of aromatic nitrogens is 1. The van der Waals surface area contributed by atoms with E-state index >= 15 is 0 Å². The molecule has 0 atom stereocenters. The Morgan fingerprint density at radius 1 is 0.875 bits per heavy atom. The minimum Gasteiger partial charge on any atom is -0.358 e. The number of benzene rings is 2. The SMILES string of the molecule is Cc1[nH]c2c(cc(C)c3ccccc32)c1C. The van der Waals surface area contributed by atoms with Gasteiger partial charge < -0.3 is 4.98 Å². The molecule has 3 rings (SSSR count). The van der Waals surface area contributed by atoms with Crippen LogP contribution in [-0.2, 0) is 0 Å². The monoisotopic (exact) mass is 209 g/mol. The zero-order valence-electron chi connectivity index (χ0n) is 9.89. The van der Waals surface area contributed by atoms with Gasteiger partial charge in [0.15, 0.2) is 0 Å². The Kier molecular flexibility index (Phi) is 1.84. The molecule has 0 spiro atoms. The molecule has 1 heteroatoms. The molecule has 0 saturated carbocycles. The highest BCUT2D eigenvalue weighted by Crippen LogP contribution is 2.30. The summed E-state index contributed by atoms with van der Waals surface area (Å²) in [6, 6.07) is 10.9. The molecule has 0 amide bonds. The standard InChI is InChI=1S/C15H15N/c1-9-8-14-10(2)11(3)16-15(14)13-7-5-4-6-12(9)13/h4-8,16H,1-3H3. The number of rotatable bonds is 0. The van der Waals surface area contributed by atoms with Crippen molar-refractivity contribution in [2.24, 2.45) is 0 Å². The lowest BCUT2D eigenvalue weighted by Crippen LogP contribution is -1.80. The van der Waals surface area contributed by atoms with Crippen molar-refractivity contribution in [1.29, 1.82) is 0 Å². The number of nitrogens with one attached hydrogen (secondary N) is 1. The first kappa shape index (κ1) is 9.46. The van der Waals surface area contributed by atoms with Crippen LogP contribution >= 0.6 is 0 Å². The van der Waals surface area contributed by atoms with E-state index in [1.165, 1.54) is 38.5 Å². The summed E-state index contributed by atoms with van der Waals surface area (Å²) in [6.45, 7) is 6.51. The first-order valence-electron chi connectivity index (χ1n) is 5.65. The summed E-state index contributed by atoms with van der Waals surface area (Å²) in [5.41, 5.74) is 5.26.